The van der Waals surface area contributed by atoms with Crippen molar-refractivity contribution in [1.29, 1.82) is 0 Å². The molecule has 0 heterocycles. The molecule has 0 saturated carbocycles. The Hall–Kier alpha value is -2.17. The van der Waals surface area contributed by atoms with Crippen LogP contribution in [0.3, 0.4) is 0 Å². The van der Waals surface area contributed by atoms with Gasteiger partial charge in [0.2, 0.25) is 11.6 Å². The molecule has 0 atom stereocenters. The lowest BCUT2D eigenvalue weighted by Crippen LogP contribution is -2.22. The van der Waals surface area contributed by atoms with E-state index in [0.717, 1.165) is 0 Å². The largest absolute Gasteiger partial charge is 0.324 e. The van der Waals surface area contributed by atoms with Crippen molar-refractivity contribution in [3.63, 3.8) is 0 Å². The fourth-order valence-electron chi connectivity index (χ4n) is 2.40. The number of benzene rings is 2. The third-order valence-electron chi connectivity index (χ3n) is 3.40. The van der Waals surface area contributed by atoms with Gasteiger partial charge in [-0.3, -0.25) is 14.4 Å². The number of hydrogen-bond donors (Lipinski definition) is 1. The first-order chi connectivity index (χ1) is 10.5. The number of hydrogen-bond acceptors (Lipinski definition) is 3. The van der Waals surface area contributed by atoms with Crippen LogP contribution in [-0.2, 0) is 4.79 Å². The zero-order valence-corrected chi connectivity index (χ0v) is 12.6. The smallest absolute Gasteiger partial charge is 0.257 e. The highest BCUT2D eigenvalue weighted by Crippen LogP contribution is 2.34. The van der Waals surface area contributed by atoms with E-state index in [0.29, 0.717) is 22.4 Å². The predicted molar refractivity (Wildman–Crippen MR) is 84.7 cm³/mol. The maximum absolute atomic E-state index is 12.2. The van der Waals surface area contributed by atoms with Gasteiger partial charge in [0.25, 0.3) is 5.91 Å². The number of halogens is 2. The van der Waals surface area contributed by atoms with E-state index in [1.807, 2.05) is 0 Å². The minimum atomic E-state index is -1.21. The number of fused-ring (bicyclic) bond motifs is 3. The van der Waals surface area contributed by atoms with Gasteiger partial charge in [0, 0.05) is 16.8 Å². The van der Waals surface area contributed by atoms with E-state index in [9.17, 15) is 14.4 Å². The lowest BCUT2D eigenvalue weighted by atomic mass is 9.84. The third-order valence-corrected chi connectivity index (χ3v) is 3.79. The van der Waals surface area contributed by atoms with E-state index < -0.39 is 22.3 Å². The highest BCUT2D eigenvalue weighted by molar-refractivity contribution is 6.55. The molecule has 0 bridgehead atoms. The Morgan fingerprint density at radius 3 is 2.14 bits per heavy atom. The van der Waals surface area contributed by atoms with Crippen LogP contribution in [0.15, 0.2) is 42.5 Å². The lowest BCUT2D eigenvalue weighted by Gasteiger charge is -2.18. The van der Waals surface area contributed by atoms with Crippen molar-refractivity contribution in [2.75, 3.05) is 5.32 Å². The molecule has 1 N–H and O–H groups in total. The Labute approximate surface area is 136 Å². The molecule has 0 aliphatic heterocycles. The summed E-state index contributed by atoms with van der Waals surface area (Å²) in [5, 5.41) is 2.48. The zero-order valence-electron chi connectivity index (χ0n) is 11.1. The number of rotatable bonds is 2. The Balaban J connectivity index is 2.09. The van der Waals surface area contributed by atoms with Gasteiger partial charge in [0.1, 0.15) is 0 Å². The molecule has 22 heavy (non-hydrogen) atoms. The van der Waals surface area contributed by atoms with Crippen LogP contribution in [0, 0.1) is 0 Å². The maximum Gasteiger partial charge on any atom is 0.257 e. The number of amides is 1. The minimum Gasteiger partial charge on any atom is -0.324 e. The number of nitrogens with one attached hydrogen (secondary N) is 1. The second-order valence-corrected chi connectivity index (χ2v) is 5.85. The summed E-state index contributed by atoms with van der Waals surface area (Å²) in [4.78, 5) is 34.7. The summed E-state index contributed by atoms with van der Waals surface area (Å²) in [6.07, 6.45) is 0. The number of carbonyl (C=O) groups is 3. The Kier molecular flexibility index (Phi) is 3.72. The SMILES string of the molecule is O=C1C(=O)c2cc(NC(=O)C(Cl)Cl)ccc2-c2ccccc21. The van der Waals surface area contributed by atoms with Crippen molar-refractivity contribution >= 4 is 46.4 Å². The summed E-state index contributed by atoms with van der Waals surface area (Å²) in [7, 11) is 0. The molecule has 4 nitrogen and oxygen atoms in total. The van der Waals surface area contributed by atoms with Crippen molar-refractivity contribution in [3.05, 3.63) is 53.6 Å². The van der Waals surface area contributed by atoms with Crippen molar-refractivity contribution in [3.8, 4) is 11.1 Å². The zero-order chi connectivity index (χ0) is 15.9. The molecule has 0 unspecified atom stereocenters. The summed E-state index contributed by atoms with van der Waals surface area (Å²) < 4.78 is 0. The van der Waals surface area contributed by atoms with Crippen LogP contribution in [0.4, 0.5) is 5.69 Å². The van der Waals surface area contributed by atoms with Crippen LogP contribution in [0.25, 0.3) is 11.1 Å². The standard InChI is InChI=1S/C16H9Cl2NO3/c17-15(18)16(22)19-8-5-6-10-9-3-1-2-4-11(9)13(20)14(21)12(10)7-8/h1-7,15H,(H,19,22). The van der Waals surface area contributed by atoms with E-state index in [1.54, 1.807) is 36.4 Å². The van der Waals surface area contributed by atoms with Crippen LogP contribution in [0.2, 0.25) is 0 Å². The first-order valence-electron chi connectivity index (χ1n) is 6.40. The van der Waals surface area contributed by atoms with E-state index in [2.05, 4.69) is 5.32 Å². The van der Waals surface area contributed by atoms with Gasteiger partial charge >= 0.3 is 0 Å². The normalized spacial score (nSPS) is 12.9. The minimum absolute atomic E-state index is 0.252. The number of anilines is 1. The van der Waals surface area contributed by atoms with Crippen LogP contribution in [-0.4, -0.2) is 22.3 Å². The molecule has 0 aromatic heterocycles. The van der Waals surface area contributed by atoms with Crippen LogP contribution < -0.4 is 5.32 Å². The van der Waals surface area contributed by atoms with E-state index in [-0.39, 0.29) is 5.56 Å². The van der Waals surface area contributed by atoms with E-state index >= 15 is 0 Å². The van der Waals surface area contributed by atoms with Gasteiger partial charge in [0.15, 0.2) is 4.84 Å². The van der Waals surface area contributed by atoms with Crippen LogP contribution >= 0.6 is 23.2 Å². The quantitative estimate of drug-likeness (QED) is 0.676. The molecule has 0 spiro atoms. The molecular weight excluding hydrogens is 325 g/mol. The van der Waals surface area contributed by atoms with Gasteiger partial charge in [-0.05, 0) is 23.3 Å². The molecule has 0 saturated heterocycles. The molecule has 3 rings (SSSR count). The van der Waals surface area contributed by atoms with Crippen molar-refractivity contribution in [2.45, 2.75) is 4.84 Å². The maximum atomic E-state index is 12.2. The van der Waals surface area contributed by atoms with Gasteiger partial charge < -0.3 is 5.32 Å². The molecule has 2 aromatic rings. The Morgan fingerprint density at radius 2 is 1.45 bits per heavy atom. The number of Topliss-reactive ketones (excluding diaryl/α,β-unsaturated/α-hetero) is 2. The second-order valence-electron chi connectivity index (χ2n) is 4.75. The van der Waals surface area contributed by atoms with Gasteiger partial charge in [-0.1, -0.05) is 53.5 Å². The number of carbonyl (C=O) groups excluding carboxylic acids is 3. The molecule has 0 radical (unpaired) electrons. The number of ketones is 2. The molecule has 1 aliphatic carbocycles. The highest BCUT2D eigenvalue weighted by Gasteiger charge is 2.30. The molecule has 6 heteroatoms. The van der Waals surface area contributed by atoms with Gasteiger partial charge in [-0.2, -0.15) is 0 Å². The summed E-state index contributed by atoms with van der Waals surface area (Å²) in [6.45, 7) is 0. The molecule has 1 amide bonds. The molecule has 2 aromatic carbocycles. The first-order valence-corrected chi connectivity index (χ1v) is 7.28. The van der Waals surface area contributed by atoms with Crippen LogP contribution in [0.1, 0.15) is 20.7 Å². The Morgan fingerprint density at radius 1 is 0.864 bits per heavy atom. The van der Waals surface area contributed by atoms with E-state index in [4.69, 9.17) is 23.2 Å². The fourth-order valence-corrected chi connectivity index (χ4v) is 2.51. The topological polar surface area (TPSA) is 63.2 Å². The van der Waals surface area contributed by atoms with Gasteiger partial charge in [-0.15, -0.1) is 0 Å². The summed E-state index contributed by atoms with van der Waals surface area (Å²) in [5.41, 5.74) is 2.36. The predicted octanol–water partition coefficient (Wildman–Crippen LogP) is 3.47. The average Bonchev–Trinajstić information content (AvgIpc) is 2.52. The monoisotopic (exact) mass is 333 g/mol. The van der Waals surface area contributed by atoms with Gasteiger partial charge in [0.05, 0.1) is 0 Å². The first kappa shape index (κ1) is 14.8. The summed E-state index contributed by atoms with van der Waals surface area (Å²) in [6, 6.07) is 11.7. The molecule has 1 aliphatic rings. The summed E-state index contributed by atoms with van der Waals surface area (Å²) in [5.74, 6) is -1.75. The average molecular weight is 334 g/mol. The molecular formula is C16H9Cl2NO3. The molecule has 0 fully saturated rings. The van der Waals surface area contributed by atoms with E-state index in [1.165, 1.54) is 6.07 Å². The highest BCUT2D eigenvalue weighted by atomic mass is 35.5. The fraction of sp³-hybridized carbons (Fsp3) is 0.0625. The van der Waals surface area contributed by atoms with Crippen LogP contribution in [0.5, 0.6) is 0 Å². The van der Waals surface area contributed by atoms with Crippen molar-refractivity contribution < 1.29 is 14.4 Å². The Bertz CT molecular complexity index is 815. The van der Waals surface area contributed by atoms with Gasteiger partial charge in [-0.25, -0.2) is 0 Å². The lowest BCUT2D eigenvalue weighted by molar-refractivity contribution is -0.114. The van der Waals surface area contributed by atoms with Crippen molar-refractivity contribution in [1.82, 2.24) is 0 Å². The number of alkyl halides is 2. The van der Waals surface area contributed by atoms with Crippen molar-refractivity contribution in [2.24, 2.45) is 0 Å². The molecule has 110 valence electrons. The third kappa shape index (κ3) is 2.40. The second kappa shape index (κ2) is 5.55. The summed E-state index contributed by atoms with van der Waals surface area (Å²) >= 11 is 10.9.